The van der Waals surface area contributed by atoms with Crippen LogP contribution in [0.1, 0.15) is 11.3 Å². The van der Waals surface area contributed by atoms with Crippen molar-refractivity contribution in [3.05, 3.63) is 68.6 Å². The largest absolute Gasteiger partial charge is 0.293 e. The zero-order valence-electron chi connectivity index (χ0n) is 13.4. The number of nitrogens with one attached hydrogen (secondary N) is 1. The van der Waals surface area contributed by atoms with Gasteiger partial charge in [0.25, 0.3) is 5.56 Å². The van der Waals surface area contributed by atoms with Crippen molar-refractivity contribution in [2.45, 2.75) is 6.92 Å². The van der Waals surface area contributed by atoms with Gasteiger partial charge in [-0.1, -0.05) is 15.9 Å². The summed E-state index contributed by atoms with van der Waals surface area (Å²) < 4.78 is 17.2. The third-order valence-electron chi connectivity index (χ3n) is 3.74. The van der Waals surface area contributed by atoms with Crippen molar-refractivity contribution in [1.82, 2.24) is 29.6 Å². The lowest BCUT2D eigenvalue weighted by atomic mass is 10.2. The average molecular weight is 416 g/mol. The average Bonchev–Trinajstić information content (AvgIpc) is 3.18. The molecule has 0 amide bonds. The summed E-state index contributed by atoms with van der Waals surface area (Å²) in [5.41, 5.74) is 1.27. The standard InChI is InChI=1S/C16H11BrFN7O/c1-9-11(7-19-13-3-2-10(17)6-12(13)18)16(26)25(22-9)15-5-4-14-21-20-8-24(14)23-15/h2-8,22H,1H3. The van der Waals surface area contributed by atoms with Gasteiger partial charge in [0, 0.05) is 16.4 Å². The van der Waals surface area contributed by atoms with Gasteiger partial charge >= 0.3 is 0 Å². The predicted octanol–water partition coefficient (Wildman–Crippen LogP) is 2.56. The highest BCUT2D eigenvalue weighted by molar-refractivity contribution is 9.10. The van der Waals surface area contributed by atoms with Gasteiger partial charge in [-0.25, -0.2) is 4.39 Å². The van der Waals surface area contributed by atoms with Crippen LogP contribution in [0.2, 0.25) is 0 Å². The van der Waals surface area contributed by atoms with Crippen molar-refractivity contribution in [2.75, 3.05) is 0 Å². The molecule has 0 aliphatic rings. The first-order valence-electron chi connectivity index (χ1n) is 7.51. The van der Waals surface area contributed by atoms with Crippen LogP contribution in [0.5, 0.6) is 0 Å². The normalized spacial score (nSPS) is 11.7. The molecule has 0 aliphatic heterocycles. The first-order valence-corrected chi connectivity index (χ1v) is 8.30. The minimum Gasteiger partial charge on any atom is -0.293 e. The number of halogens is 2. The van der Waals surface area contributed by atoms with E-state index in [9.17, 15) is 9.18 Å². The van der Waals surface area contributed by atoms with E-state index in [-0.39, 0.29) is 11.2 Å². The molecule has 0 atom stereocenters. The maximum Gasteiger partial charge on any atom is 0.281 e. The summed E-state index contributed by atoms with van der Waals surface area (Å²) in [5, 5.41) is 14.8. The van der Waals surface area contributed by atoms with E-state index in [2.05, 4.69) is 41.3 Å². The number of aliphatic imine (C=N–C) groups is 1. The molecule has 0 saturated heterocycles. The van der Waals surface area contributed by atoms with E-state index in [0.29, 0.717) is 27.2 Å². The fourth-order valence-electron chi connectivity index (χ4n) is 2.43. The van der Waals surface area contributed by atoms with Crippen LogP contribution in [0, 0.1) is 12.7 Å². The molecule has 130 valence electrons. The molecular weight excluding hydrogens is 405 g/mol. The van der Waals surface area contributed by atoms with Gasteiger partial charge in [0.05, 0.1) is 11.3 Å². The van der Waals surface area contributed by atoms with E-state index in [1.165, 1.54) is 33.9 Å². The molecule has 0 unspecified atom stereocenters. The Labute approximate surface area is 154 Å². The summed E-state index contributed by atoms with van der Waals surface area (Å²) in [6.45, 7) is 1.73. The molecule has 0 aliphatic carbocycles. The van der Waals surface area contributed by atoms with Crippen LogP contribution in [0.15, 0.2) is 50.9 Å². The molecule has 4 rings (SSSR count). The van der Waals surface area contributed by atoms with Crippen LogP contribution in [0.3, 0.4) is 0 Å². The van der Waals surface area contributed by atoms with Crippen LogP contribution in [-0.2, 0) is 0 Å². The number of H-pyrrole nitrogens is 1. The lowest BCUT2D eigenvalue weighted by molar-refractivity contribution is 0.629. The second kappa shape index (κ2) is 6.30. The Morgan fingerprint density at radius 2 is 2.15 bits per heavy atom. The molecule has 8 nitrogen and oxygen atoms in total. The van der Waals surface area contributed by atoms with Crippen molar-refractivity contribution in [3.63, 3.8) is 0 Å². The number of aromatic amines is 1. The lowest BCUT2D eigenvalue weighted by Crippen LogP contribution is -2.19. The Kier molecular flexibility index (Phi) is 3.96. The van der Waals surface area contributed by atoms with E-state index in [4.69, 9.17) is 0 Å². The maximum absolute atomic E-state index is 13.9. The van der Waals surface area contributed by atoms with Gasteiger partial charge in [0.1, 0.15) is 12.1 Å². The van der Waals surface area contributed by atoms with Crippen molar-refractivity contribution >= 4 is 33.5 Å². The van der Waals surface area contributed by atoms with E-state index in [1.54, 1.807) is 25.1 Å². The third-order valence-corrected chi connectivity index (χ3v) is 4.23. The summed E-state index contributed by atoms with van der Waals surface area (Å²) in [6, 6.07) is 7.86. The van der Waals surface area contributed by atoms with E-state index in [1.807, 2.05) is 0 Å². The highest BCUT2D eigenvalue weighted by Gasteiger charge is 2.13. The van der Waals surface area contributed by atoms with Crippen LogP contribution in [0.25, 0.3) is 11.5 Å². The SMILES string of the molecule is Cc1[nH]n(-c2ccc3nncn3n2)c(=O)c1C=Nc1ccc(Br)cc1F. The molecule has 10 heteroatoms. The van der Waals surface area contributed by atoms with Crippen LogP contribution in [-0.4, -0.2) is 35.8 Å². The minimum absolute atomic E-state index is 0.142. The second-order valence-electron chi connectivity index (χ2n) is 5.47. The van der Waals surface area contributed by atoms with Gasteiger partial charge in [-0.05, 0) is 37.3 Å². The molecule has 0 bridgehead atoms. The van der Waals surface area contributed by atoms with Crippen molar-refractivity contribution in [2.24, 2.45) is 4.99 Å². The topological polar surface area (TPSA) is 93.2 Å². The minimum atomic E-state index is -0.483. The smallest absolute Gasteiger partial charge is 0.281 e. The summed E-state index contributed by atoms with van der Waals surface area (Å²) in [6.07, 6.45) is 2.78. The van der Waals surface area contributed by atoms with Gasteiger partial charge in [0.2, 0.25) is 0 Å². The van der Waals surface area contributed by atoms with Crippen LogP contribution < -0.4 is 5.56 Å². The van der Waals surface area contributed by atoms with Gasteiger partial charge in [0.15, 0.2) is 11.5 Å². The van der Waals surface area contributed by atoms with E-state index >= 15 is 0 Å². The highest BCUT2D eigenvalue weighted by atomic mass is 79.9. The number of rotatable bonds is 3. The molecule has 0 radical (unpaired) electrons. The zero-order valence-corrected chi connectivity index (χ0v) is 15.0. The van der Waals surface area contributed by atoms with Gasteiger partial charge < -0.3 is 0 Å². The fourth-order valence-corrected chi connectivity index (χ4v) is 2.76. The van der Waals surface area contributed by atoms with E-state index < -0.39 is 5.82 Å². The number of hydrogen-bond acceptors (Lipinski definition) is 5. The van der Waals surface area contributed by atoms with Gasteiger partial charge in [-0.3, -0.25) is 14.9 Å². The molecule has 26 heavy (non-hydrogen) atoms. The number of aromatic nitrogens is 6. The number of nitrogens with zero attached hydrogens (tertiary/aromatic N) is 6. The number of fused-ring (bicyclic) bond motifs is 1. The molecule has 1 aromatic carbocycles. The first kappa shape index (κ1) is 16.3. The van der Waals surface area contributed by atoms with Crippen molar-refractivity contribution in [3.8, 4) is 5.82 Å². The number of hydrogen-bond donors (Lipinski definition) is 1. The molecule has 0 saturated carbocycles. The predicted molar refractivity (Wildman–Crippen MR) is 96.8 cm³/mol. The Morgan fingerprint density at radius 3 is 2.96 bits per heavy atom. The van der Waals surface area contributed by atoms with Crippen molar-refractivity contribution < 1.29 is 4.39 Å². The Balaban J connectivity index is 1.74. The summed E-state index contributed by atoms with van der Waals surface area (Å²) in [5.74, 6) is -0.108. The van der Waals surface area contributed by atoms with Crippen molar-refractivity contribution in [1.29, 1.82) is 0 Å². The second-order valence-corrected chi connectivity index (χ2v) is 6.39. The summed E-state index contributed by atoms with van der Waals surface area (Å²) >= 11 is 3.19. The van der Waals surface area contributed by atoms with E-state index in [0.717, 1.165) is 0 Å². The quantitative estimate of drug-likeness (QED) is 0.520. The first-order chi connectivity index (χ1) is 12.5. The lowest BCUT2D eigenvalue weighted by Gasteiger charge is -2.00. The molecule has 0 spiro atoms. The number of benzene rings is 1. The zero-order chi connectivity index (χ0) is 18.3. The maximum atomic E-state index is 13.9. The molecule has 1 N–H and O–H groups in total. The molecule has 4 aromatic rings. The third kappa shape index (κ3) is 2.84. The Bertz CT molecular complexity index is 1210. The van der Waals surface area contributed by atoms with Gasteiger partial charge in [-0.15, -0.1) is 15.3 Å². The summed E-state index contributed by atoms with van der Waals surface area (Å²) in [4.78, 5) is 16.8. The fraction of sp³-hybridized carbons (Fsp3) is 0.0625. The summed E-state index contributed by atoms with van der Waals surface area (Å²) in [7, 11) is 0. The Hall–Kier alpha value is -3.14. The highest BCUT2D eigenvalue weighted by Crippen LogP contribution is 2.21. The monoisotopic (exact) mass is 415 g/mol. The molecule has 3 aromatic heterocycles. The molecule has 3 heterocycles. The number of aryl methyl sites for hydroxylation is 1. The molecule has 0 fully saturated rings. The van der Waals surface area contributed by atoms with Crippen LogP contribution >= 0.6 is 15.9 Å². The van der Waals surface area contributed by atoms with Crippen LogP contribution in [0.4, 0.5) is 10.1 Å². The van der Waals surface area contributed by atoms with Gasteiger partial charge in [-0.2, -0.15) is 9.20 Å². The molecular formula is C16H11BrFN7O. The Morgan fingerprint density at radius 1 is 1.31 bits per heavy atom.